The Labute approximate surface area is 177 Å². The van der Waals surface area contributed by atoms with E-state index >= 15 is 0 Å². The van der Waals surface area contributed by atoms with Gasteiger partial charge in [-0.2, -0.15) is 0 Å². The fourth-order valence-electron chi connectivity index (χ4n) is 4.70. The second-order valence-corrected chi connectivity index (χ2v) is 8.63. The third-order valence-corrected chi connectivity index (χ3v) is 6.56. The molecule has 1 saturated heterocycles. The zero-order valence-corrected chi connectivity index (χ0v) is 17.4. The van der Waals surface area contributed by atoms with Crippen molar-refractivity contribution in [3.05, 3.63) is 72.3 Å². The van der Waals surface area contributed by atoms with Crippen molar-refractivity contribution in [3.8, 4) is 11.1 Å². The van der Waals surface area contributed by atoms with Crippen molar-refractivity contribution in [2.45, 2.75) is 50.7 Å². The summed E-state index contributed by atoms with van der Waals surface area (Å²) in [5.74, 6) is -0.129. The van der Waals surface area contributed by atoms with Crippen molar-refractivity contribution in [2.24, 2.45) is 11.8 Å². The summed E-state index contributed by atoms with van der Waals surface area (Å²) < 4.78 is 38.7. The molecule has 1 aliphatic heterocycles. The van der Waals surface area contributed by atoms with Crippen molar-refractivity contribution in [1.29, 1.82) is 0 Å². The van der Waals surface area contributed by atoms with Gasteiger partial charge >= 0.3 is 0 Å². The number of allylic oxidation sites excluding steroid dienone is 1. The van der Waals surface area contributed by atoms with E-state index in [0.717, 1.165) is 57.3 Å². The number of rotatable bonds is 6. The molecule has 2 fully saturated rings. The summed E-state index contributed by atoms with van der Waals surface area (Å²) in [4.78, 5) is 0. The Balaban J connectivity index is 1.29. The van der Waals surface area contributed by atoms with Crippen molar-refractivity contribution >= 4 is 0 Å². The first-order valence-electron chi connectivity index (χ1n) is 11.0. The predicted molar refractivity (Wildman–Crippen MR) is 115 cm³/mol. The van der Waals surface area contributed by atoms with Gasteiger partial charge in [0.05, 0.1) is 13.2 Å². The first-order chi connectivity index (χ1) is 14.6. The minimum atomic E-state index is -0.815. The van der Waals surface area contributed by atoms with Gasteiger partial charge in [-0.25, -0.2) is 8.78 Å². The molecule has 1 saturated carbocycles. The molecule has 0 spiro atoms. The number of benzene rings is 2. The van der Waals surface area contributed by atoms with Gasteiger partial charge in [0.15, 0.2) is 17.9 Å². The highest BCUT2D eigenvalue weighted by atomic mass is 19.2. The lowest BCUT2D eigenvalue weighted by Crippen LogP contribution is -2.38. The van der Waals surface area contributed by atoms with Gasteiger partial charge in [-0.1, -0.05) is 36.4 Å². The van der Waals surface area contributed by atoms with Gasteiger partial charge in [-0.3, -0.25) is 0 Å². The quantitative estimate of drug-likeness (QED) is 0.483. The minimum absolute atomic E-state index is 0.0540. The molecule has 0 unspecified atom stereocenters. The third-order valence-electron chi connectivity index (χ3n) is 6.56. The molecule has 2 aliphatic rings. The number of hydrogen-bond acceptors (Lipinski definition) is 2. The van der Waals surface area contributed by atoms with Crippen molar-refractivity contribution in [1.82, 2.24) is 0 Å². The molecule has 0 atom stereocenters. The van der Waals surface area contributed by atoms with E-state index in [0.29, 0.717) is 23.3 Å². The fourth-order valence-corrected chi connectivity index (χ4v) is 4.70. The maximum absolute atomic E-state index is 13.5. The molecular weight excluding hydrogens is 382 g/mol. The maximum Gasteiger partial charge on any atom is 0.160 e. The van der Waals surface area contributed by atoms with Crippen LogP contribution in [-0.2, 0) is 9.47 Å². The second kappa shape index (κ2) is 9.84. The molecule has 2 nitrogen and oxygen atoms in total. The number of halogens is 2. The SMILES string of the molecule is C=CCC[C@H]1CO[C@H](C2CCC(c3ccc(-c4ccc(F)c(F)c4)cc3)CC2)OC1. The van der Waals surface area contributed by atoms with Crippen molar-refractivity contribution in [2.75, 3.05) is 13.2 Å². The van der Waals surface area contributed by atoms with E-state index in [2.05, 4.69) is 18.7 Å². The predicted octanol–water partition coefficient (Wildman–Crippen LogP) is 6.86. The summed E-state index contributed by atoms with van der Waals surface area (Å²) in [7, 11) is 0. The lowest BCUT2D eigenvalue weighted by molar-refractivity contribution is -0.229. The van der Waals surface area contributed by atoms with Crippen LogP contribution in [0.1, 0.15) is 50.0 Å². The molecular formula is C26H30F2O2. The third kappa shape index (κ3) is 4.98. The maximum atomic E-state index is 13.5. The van der Waals surface area contributed by atoms with E-state index < -0.39 is 11.6 Å². The van der Waals surface area contributed by atoms with Crippen LogP contribution in [0.15, 0.2) is 55.1 Å². The van der Waals surface area contributed by atoms with Crippen LogP contribution in [0.5, 0.6) is 0 Å². The van der Waals surface area contributed by atoms with Crippen molar-refractivity contribution in [3.63, 3.8) is 0 Å². The monoisotopic (exact) mass is 412 g/mol. The highest BCUT2D eigenvalue weighted by Crippen LogP contribution is 2.39. The summed E-state index contributed by atoms with van der Waals surface area (Å²) in [5, 5.41) is 0. The summed E-state index contributed by atoms with van der Waals surface area (Å²) in [6.07, 6.45) is 8.47. The van der Waals surface area contributed by atoms with Crippen LogP contribution < -0.4 is 0 Å². The number of hydrogen-bond donors (Lipinski definition) is 0. The van der Waals surface area contributed by atoms with Crippen molar-refractivity contribution < 1.29 is 18.3 Å². The molecule has 4 heteroatoms. The summed E-state index contributed by atoms with van der Waals surface area (Å²) >= 11 is 0. The summed E-state index contributed by atoms with van der Waals surface area (Å²) in [5.41, 5.74) is 2.92. The average molecular weight is 413 g/mol. The van der Waals surface area contributed by atoms with Gasteiger partial charge in [-0.15, -0.1) is 6.58 Å². The Hall–Kier alpha value is -2.04. The Morgan fingerprint density at radius 2 is 1.53 bits per heavy atom. The lowest BCUT2D eigenvalue weighted by atomic mass is 9.78. The lowest BCUT2D eigenvalue weighted by Gasteiger charge is -2.37. The molecule has 160 valence electrons. The molecule has 2 aromatic carbocycles. The molecule has 2 aromatic rings. The van der Waals surface area contributed by atoms with Crippen LogP contribution in [0.2, 0.25) is 0 Å². The van der Waals surface area contributed by atoms with E-state index in [4.69, 9.17) is 9.47 Å². The van der Waals surface area contributed by atoms with E-state index in [1.165, 1.54) is 17.7 Å². The number of ether oxygens (including phenoxy) is 2. The minimum Gasteiger partial charge on any atom is -0.352 e. The van der Waals surface area contributed by atoms with Gasteiger partial charge in [0.2, 0.25) is 0 Å². The smallest absolute Gasteiger partial charge is 0.160 e. The normalized spacial score (nSPS) is 27.0. The first kappa shape index (κ1) is 21.2. The van der Waals surface area contributed by atoms with Crippen LogP contribution in [-0.4, -0.2) is 19.5 Å². The zero-order chi connectivity index (χ0) is 20.9. The van der Waals surface area contributed by atoms with Crippen LogP contribution in [0.4, 0.5) is 8.78 Å². The Morgan fingerprint density at radius 1 is 0.867 bits per heavy atom. The summed E-state index contributed by atoms with van der Waals surface area (Å²) in [6, 6.07) is 12.3. The van der Waals surface area contributed by atoms with E-state index in [-0.39, 0.29) is 6.29 Å². The largest absolute Gasteiger partial charge is 0.352 e. The van der Waals surface area contributed by atoms with Gasteiger partial charge in [-0.05, 0) is 73.3 Å². The van der Waals surface area contributed by atoms with E-state index in [1.54, 1.807) is 6.07 Å². The average Bonchev–Trinajstić information content (AvgIpc) is 2.80. The molecule has 4 rings (SSSR count). The molecule has 1 aliphatic carbocycles. The molecule has 30 heavy (non-hydrogen) atoms. The highest BCUT2D eigenvalue weighted by Gasteiger charge is 2.32. The standard InChI is InChI=1S/C26H30F2O2/c1-2-3-4-18-16-29-26(30-17-18)22-11-9-20(10-12-22)19-5-7-21(8-6-19)23-13-14-24(27)25(28)15-23/h2,5-8,13-15,18,20,22,26H,1,3-4,9-12,16-17H2/t18-,20?,22?,26-. The van der Waals surface area contributed by atoms with Crippen LogP contribution >= 0.6 is 0 Å². The van der Waals surface area contributed by atoms with Gasteiger partial charge in [0.25, 0.3) is 0 Å². The van der Waals surface area contributed by atoms with Gasteiger partial charge < -0.3 is 9.47 Å². The van der Waals surface area contributed by atoms with Crippen LogP contribution in [0, 0.1) is 23.5 Å². The molecule has 0 N–H and O–H groups in total. The van der Waals surface area contributed by atoms with E-state index in [9.17, 15) is 8.78 Å². The zero-order valence-electron chi connectivity index (χ0n) is 17.4. The van der Waals surface area contributed by atoms with Crippen LogP contribution in [0.3, 0.4) is 0 Å². The Bertz CT molecular complexity index is 833. The molecule has 0 bridgehead atoms. The molecule has 0 aromatic heterocycles. The topological polar surface area (TPSA) is 18.5 Å². The summed E-state index contributed by atoms with van der Waals surface area (Å²) in [6.45, 7) is 5.37. The highest BCUT2D eigenvalue weighted by molar-refractivity contribution is 5.63. The Kier molecular flexibility index (Phi) is 6.96. The second-order valence-electron chi connectivity index (χ2n) is 8.63. The van der Waals surface area contributed by atoms with Crippen LogP contribution in [0.25, 0.3) is 11.1 Å². The molecule has 1 heterocycles. The van der Waals surface area contributed by atoms with E-state index in [1.807, 2.05) is 18.2 Å². The first-order valence-corrected chi connectivity index (χ1v) is 11.0. The van der Waals surface area contributed by atoms with Gasteiger partial charge in [0.1, 0.15) is 0 Å². The fraction of sp³-hybridized carbons (Fsp3) is 0.462. The molecule has 0 radical (unpaired) electrons. The Morgan fingerprint density at radius 3 is 2.17 bits per heavy atom. The van der Waals surface area contributed by atoms with Gasteiger partial charge in [0, 0.05) is 11.8 Å². The molecule has 0 amide bonds.